The van der Waals surface area contributed by atoms with Crippen molar-refractivity contribution >= 4 is 17.4 Å². The maximum absolute atomic E-state index is 12.6. The van der Waals surface area contributed by atoms with Gasteiger partial charge in [-0.25, -0.2) is 0 Å². The molecule has 2 heterocycles. The fourth-order valence-electron chi connectivity index (χ4n) is 2.27. The Hall–Kier alpha value is -0.870. The monoisotopic (exact) mass is 255 g/mol. The van der Waals surface area contributed by atoms with E-state index in [9.17, 15) is 4.79 Å². The Labute approximate surface area is 106 Å². The molecule has 1 unspecified atom stereocenters. The molecule has 17 heavy (non-hydrogen) atoms. The molecule has 0 aromatic carbocycles. The van der Waals surface area contributed by atoms with Crippen molar-refractivity contribution in [2.75, 3.05) is 13.1 Å². The second-order valence-corrected chi connectivity index (χ2v) is 5.29. The van der Waals surface area contributed by atoms with E-state index >= 15 is 0 Å². The van der Waals surface area contributed by atoms with Gasteiger partial charge in [-0.05, 0) is 19.4 Å². The number of nitrogens with one attached hydrogen (secondary N) is 1. The number of Topliss-reactive ketones (excluding diaryl/α,β-unsaturated/α-hetero) is 1. The Bertz CT molecular complexity index is 421. The number of rotatable bonds is 4. The van der Waals surface area contributed by atoms with Crippen LogP contribution in [0.15, 0.2) is 6.20 Å². The molecule has 0 aliphatic carbocycles. The van der Waals surface area contributed by atoms with Crippen molar-refractivity contribution in [3.05, 3.63) is 16.9 Å². The summed E-state index contributed by atoms with van der Waals surface area (Å²) in [6.07, 6.45) is 3.36. The second kappa shape index (κ2) is 4.78. The lowest BCUT2D eigenvalue weighted by Crippen LogP contribution is -2.32. The third-order valence-corrected chi connectivity index (χ3v) is 3.64. The Balaban J connectivity index is 2.32. The lowest BCUT2D eigenvalue weighted by Gasteiger charge is -2.21. The van der Waals surface area contributed by atoms with Crippen LogP contribution in [0.3, 0.4) is 0 Å². The average Bonchev–Trinajstić information content (AvgIpc) is 2.87. The van der Waals surface area contributed by atoms with E-state index in [1.54, 1.807) is 10.9 Å². The summed E-state index contributed by atoms with van der Waals surface area (Å²) in [7, 11) is 0. The van der Waals surface area contributed by atoms with Gasteiger partial charge in [-0.1, -0.05) is 25.4 Å². The molecule has 1 N–H and O–H groups in total. The van der Waals surface area contributed by atoms with Crippen LogP contribution in [-0.4, -0.2) is 28.7 Å². The van der Waals surface area contributed by atoms with Crippen molar-refractivity contribution in [2.45, 2.75) is 33.2 Å². The lowest BCUT2D eigenvalue weighted by molar-refractivity contribution is 0.0827. The van der Waals surface area contributed by atoms with Crippen LogP contribution in [0.1, 0.15) is 37.2 Å². The van der Waals surface area contributed by atoms with Crippen LogP contribution >= 0.6 is 11.6 Å². The SMILES string of the molecule is CCCn1ncc(Cl)c1C(=O)C1(C)CCNC1. The summed E-state index contributed by atoms with van der Waals surface area (Å²) in [4.78, 5) is 12.6. The zero-order valence-corrected chi connectivity index (χ0v) is 11.0. The van der Waals surface area contributed by atoms with Crippen LogP contribution < -0.4 is 5.32 Å². The predicted octanol–water partition coefficient (Wildman–Crippen LogP) is 2.13. The van der Waals surface area contributed by atoms with Crippen molar-refractivity contribution in [3.8, 4) is 0 Å². The Morgan fingerprint density at radius 3 is 3.06 bits per heavy atom. The second-order valence-electron chi connectivity index (χ2n) is 4.88. The fourth-order valence-corrected chi connectivity index (χ4v) is 2.49. The normalized spacial score (nSPS) is 24.2. The summed E-state index contributed by atoms with van der Waals surface area (Å²) in [5.41, 5.74) is 0.231. The lowest BCUT2D eigenvalue weighted by atomic mass is 9.83. The highest BCUT2D eigenvalue weighted by Gasteiger charge is 2.39. The van der Waals surface area contributed by atoms with Crippen LogP contribution in [0, 0.1) is 5.41 Å². The van der Waals surface area contributed by atoms with E-state index in [2.05, 4.69) is 17.3 Å². The molecule has 1 atom stereocenters. The summed E-state index contributed by atoms with van der Waals surface area (Å²) < 4.78 is 1.73. The first-order valence-electron chi connectivity index (χ1n) is 6.05. The van der Waals surface area contributed by atoms with E-state index in [0.717, 1.165) is 32.5 Å². The van der Waals surface area contributed by atoms with Gasteiger partial charge in [0.05, 0.1) is 11.2 Å². The van der Waals surface area contributed by atoms with Gasteiger partial charge in [0.15, 0.2) is 5.78 Å². The molecule has 1 aliphatic rings. The molecule has 2 rings (SSSR count). The van der Waals surface area contributed by atoms with E-state index in [4.69, 9.17) is 11.6 Å². The highest BCUT2D eigenvalue weighted by Crippen LogP contribution is 2.31. The molecule has 0 amide bonds. The quantitative estimate of drug-likeness (QED) is 0.839. The highest BCUT2D eigenvalue weighted by molar-refractivity contribution is 6.33. The third kappa shape index (κ3) is 2.24. The number of carbonyl (C=O) groups excluding carboxylic acids is 1. The first kappa shape index (κ1) is 12.6. The fraction of sp³-hybridized carbons (Fsp3) is 0.667. The summed E-state index contributed by atoms with van der Waals surface area (Å²) in [6.45, 7) is 6.40. The van der Waals surface area contributed by atoms with Gasteiger partial charge in [0, 0.05) is 18.5 Å². The number of aryl methyl sites for hydroxylation is 1. The van der Waals surface area contributed by atoms with Gasteiger partial charge in [0.2, 0.25) is 0 Å². The highest BCUT2D eigenvalue weighted by atomic mass is 35.5. The van der Waals surface area contributed by atoms with E-state index in [-0.39, 0.29) is 11.2 Å². The van der Waals surface area contributed by atoms with Crippen LogP contribution in [0.5, 0.6) is 0 Å². The van der Waals surface area contributed by atoms with Crippen LogP contribution in [0.25, 0.3) is 0 Å². The number of nitrogens with zero attached hydrogens (tertiary/aromatic N) is 2. The smallest absolute Gasteiger partial charge is 0.189 e. The molecule has 1 aromatic rings. The standard InChI is InChI=1S/C12H18ClN3O/c1-3-6-16-10(9(13)7-15-16)11(17)12(2)4-5-14-8-12/h7,14H,3-6,8H2,1-2H3. The van der Waals surface area contributed by atoms with Crippen LogP contribution in [0.4, 0.5) is 0 Å². The van der Waals surface area contributed by atoms with E-state index in [1.807, 2.05) is 6.92 Å². The number of aromatic nitrogens is 2. The molecule has 1 aliphatic heterocycles. The first-order chi connectivity index (χ1) is 8.08. The number of halogens is 1. The van der Waals surface area contributed by atoms with Crippen molar-refractivity contribution < 1.29 is 4.79 Å². The topological polar surface area (TPSA) is 46.9 Å². The molecule has 5 heteroatoms. The number of carbonyl (C=O) groups is 1. The zero-order chi connectivity index (χ0) is 12.5. The Morgan fingerprint density at radius 2 is 2.47 bits per heavy atom. The van der Waals surface area contributed by atoms with Gasteiger partial charge >= 0.3 is 0 Å². The number of hydrogen-bond donors (Lipinski definition) is 1. The van der Waals surface area contributed by atoms with Crippen molar-refractivity contribution in [1.82, 2.24) is 15.1 Å². The number of hydrogen-bond acceptors (Lipinski definition) is 3. The molecule has 0 spiro atoms. The molecular weight excluding hydrogens is 238 g/mol. The van der Waals surface area contributed by atoms with Gasteiger partial charge < -0.3 is 5.32 Å². The molecule has 94 valence electrons. The van der Waals surface area contributed by atoms with Crippen LogP contribution in [0.2, 0.25) is 5.02 Å². The minimum atomic E-state index is -0.338. The van der Waals surface area contributed by atoms with Gasteiger partial charge in [-0.3, -0.25) is 9.48 Å². The maximum atomic E-state index is 12.6. The molecule has 1 saturated heterocycles. The van der Waals surface area contributed by atoms with Gasteiger partial charge in [-0.15, -0.1) is 0 Å². The summed E-state index contributed by atoms with van der Waals surface area (Å²) in [5, 5.41) is 7.87. The van der Waals surface area contributed by atoms with E-state index < -0.39 is 0 Å². The van der Waals surface area contributed by atoms with E-state index in [0.29, 0.717) is 10.7 Å². The Morgan fingerprint density at radius 1 is 1.71 bits per heavy atom. The molecule has 0 radical (unpaired) electrons. The van der Waals surface area contributed by atoms with Gasteiger partial charge in [0.25, 0.3) is 0 Å². The molecule has 0 bridgehead atoms. The van der Waals surface area contributed by atoms with E-state index in [1.165, 1.54) is 0 Å². The zero-order valence-electron chi connectivity index (χ0n) is 10.3. The minimum absolute atomic E-state index is 0.110. The van der Waals surface area contributed by atoms with Crippen molar-refractivity contribution in [3.63, 3.8) is 0 Å². The maximum Gasteiger partial charge on any atom is 0.189 e. The molecule has 4 nitrogen and oxygen atoms in total. The summed E-state index contributed by atoms with van der Waals surface area (Å²) in [6, 6.07) is 0. The predicted molar refractivity (Wildman–Crippen MR) is 67.5 cm³/mol. The first-order valence-corrected chi connectivity index (χ1v) is 6.43. The molecular formula is C12H18ClN3O. The molecule has 1 fully saturated rings. The Kier molecular flexibility index (Phi) is 3.54. The minimum Gasteiger partial charge on any atom is -0.316 e. The van der Waals surface area contributed by atoms with Crippen LogP contribution in [-0.2, 0) is 6.54 Å². The summed E-state index contributed by atoms with van der Waals surface area (Å²) in [5.74, 6) is 0.110. The molecule has 1 aromatic heterocycles. The largest absolute Gasteiger partial charge is 0.316 e. The van der Waals surface area contributed by atoms with Crippen molar-refractivity contribution in [1.29, 1.82) is 0 Å². The number of ketones is 1. The average molecular weight is 256 g/mol. The molecule has 0 saturated carbocycles. The van der Waals surface area contributed by atoms with Crippen molar-refractivity contribution in [2.24, 2.45) is 5.41 Å². The van der Waals surface area contributed by atoms with Gasteiger partial charge in [0.1, 0.15) is 5.69 Å². The third-order valence-electron chi connectivity index (χ3n) is 3.36. The van der Waals surface area contributed by atoms with Gasteiger partial charge in [-0.2, -0.15) is 5.10 Å². The summed E-state index contributed by atoms with van der Waals surface area (Å²) >= 11 is 6.09.